The Morgan fingerprint density at radius 1 is 1.44 bits per heavy atom. The third kappa shape index (κ3) is 2.31. The van der Waals surface area contributed by atoms with Gasteiger partial charge in [-0.2, -0.15) is 0 Å². The Hall–Kier alpha value is -0.790. The van der Waals surface area contributed by atoms with Crippen LogP contribution in [0.4, 0.5) is 0 Å². The third-order valence-corrected chi connectivity index (χ3v) is 1.43. The van der Waals surface area contributed by atoms with Gasteiger partial charge in [0, 0.05) is 12.8 Å². The van der Waals surface area contributed by atoms with Crippen molar-refractivity contribution < 1.29 is 4.58 Å². The van der Waals surface area contributed by atoms with Gasteiger partial charge in [0.25, 0.3) is 0 Å². The van der Waals surface area contributed by atoms with Gasteiger partial charge in [-0.15, -0.1) is 0 Å². The summed E-state index contributed by atoms with van der Waals surface area (Å²) in [6.45, 7) is 3.96. The lowest BCUT2D eigenvalue weighted by molar-refractivity contribution is -0.428. The predicted molar refractivity (Wildman–Crippen MR) is 41.3 cm³/mol. The largest absolute Gasteiger partial charge is 0.367 e. The quantitative estimate of drug-likeness (QED) is 0.283. The molecule has 2 heteroatoms. The molecule has 0 N–H and O–H groups in total. The van der Waals surface area contributed by atoms with Crippen LogP contribution in [0.25, 0.3) is 0 Å². The van der Waals surface area contributed by atoms with Gasteiger partial charge >= 0.3 is 0 Å². The maximum Gasteiger partial charge on any atom is 0.105 e. The van der Waals surface area contributed by atoms with Crippen LogP contribution in [0.5, 0.6) is 0 Å². The maximum absolute atomic E-state index is 4.01. The molecule has 0 aliphatic heterocycles. The molecule has 0 bridgehead atoms. The fourth-order valence-electron chi connectivity index (χ4n) is 0.438. The van der Waals surface area contributed by atoms with E-state index in [1.54, 1.807) is 7.05 Å². The molecule has 9 heavy (non-hydrogen) atoms. The first-order chi connectivity index (χ1) is 4.09. The van der Waals surface area contributed by atoms with Gasteiger partial charge in [-0.05, 0) is 20.9 Å². The number of rotatable bonds is 1. The highest BCUT2D eigenvalue weighted by molar-refractivity contribution is 6.38. The Labute approximate surface area is 56.9 Å². The van der Waals surface area contributed by atoms with Gasteiger partial charge in [0.2, 0.25) is 0 Å². The van der Waals surface area contributed by atoms with Gasteiger partial charge in [-0.3, -0.25) is 0 Å². The molecule has 0 radical (unpaired) electrons. The van der Waals surface area contributed by atoms with E-state index in [9.17, 15) is 0 Å². The molecule has 0 aliphatic carbocycles. The van der Waals surface area contributed by atoms with Crippen molar-refractivity contribution in [1.29, 1.82) is 0 Å². The van der Waals surface area contributed by atoms with E-state index < -0.39 is 0 Å². The molecule has 0 spiro atoms. The van der Waals surface area contributed by atoms with E-state index in [4.69, 9.17) is 0 Å². The molecular formula is C7H14N2. The van der Waals surface area contributed by atoms with Gasteiger partial charge in [-0.25, -0.2) is 0 Å². The molecular weight excluding hydrogens is 112 g/mol. The molecule has 0 aliphatic rings. The lowest BCUT2D eigenvalue weighted by atomic mass is 10.3. The van der Waals surface area contributed by atoms with Crippen LogP contribution in [-0.4, -0.2) is 30.1 Å². The molecule has 2 nitrogen and oxygen atoms in total. The standard InChI is InChI=1S/C7H14N2/c1-6(8-3)7(2)9(4)5/h4H2,1-3,5H3/b8-6-. The molecule has 0 heterocycles. The first-order valence-electron chi connectivity index (χ1n) is 2.91. The van der Waals surface area contributed by atoms with Crippen molar-refractivity contribution in [2.24, 2.45) is 4.99 Å². The second kappa shape index (κ2) is 3.28. The number of aliphatic imine (C=N–C) groups is 1. The van der Waals surface area contributed by atoms with Crippen molar-refractivity contribution in [3.8, 4) is 0 Å². The molecule has 0 unspecified atom stereocenters. The highest BCUT2D eigenvalue weighted by Gasteiger charge is 1.91. The van der Waals surface area contributed by atoms with Crippen LogP contribution < -0.4 is 0 Å². The lowest BCUT2D eigenvalue weighted by Gasteiger charge is -2.03. The highest BCUT2D eigenvalue weighted by Crippen LogP contribution is 1.80. The normalized spacial score (nSPS) is 15.3. The van der Waals surface area contributed by atoms with Crippen LogP contribution in [0.2, 0.25) is 0 Å². The molecule has 0 amide bonds. The third-order valence-electron chi connectivity index (χ3n) is 1.43. The van der Waals surface area contributed by atoms with E-state index in [-0.39, 0.29) is 0 Å². The van der Waals surface area contributed by atoms with E-state index in [0.29, 0.717) is 0 Å². The van der Waals surface area contributed by atoms with Crippen molar-refractivity contribution in [1.82, 2.24) is 0 Å². The fraction of sp³-hybridized carbons (Fsp3) is 0.571. The van der Waals surface area contributed by atoms with Crippen molar-refractivity contribution >= 4 is 11.4 Å². The number of hydrogen-bond donors (Lipinski definition) is 0. The van der Waals surface area contributed by atoms with Gasteiger partial charge in [-0.1, -0.05) is 0 Å². The molecule has 0 saturated heterocycles. The SMILES string of the molecule is [CH2-]/[N+](C)=C(C)\C(C)=N/C. The average molecular weight is 126 g/mol. The molecule has 0 aromatic heterocycles. The first-order valence-corrected chi connectivity index (χ1v) is 2.91. The van der Waals surface area contributed by atoms with E-state index in [0.717, 1.165) is 11.4 Å². The Kier molecular flexibility index (Phi) is 2.99. The fourth-order valence-corrected chi connectivity index (χ4v) is 0.438. The van der Waals surface area contributed by atoms with Crippen molar-refractivity contribution in [3.63, 3.8) is 0 Å². The monoisotopic (exact) mass is 126 g/mol. The molecule has 0 aromatic carbocycles. The summed E-state index contributed by atoms with van der Waals surface area (Å²) in [7, 11) is 7.41. The summed E-state index contributed by atoms with van der Waals surface area (Å²) >= 11 is 0. The highest BCUT2D eigenvalue weighted by atomic mass is 14.9. The van der Waals surface area contributed by atoms with Crippen LogP contribution >= 0.6 is 0 Å². The van der Waals surface area contributed by atoms with Crippen LogP contribution in [0.15, 0.2) is 4.99 Å². The summed E-state index contributed by atoms with van der Waals surface area (Å²) in [5.41, 5.74) is 2.14. The second-order valence-corrected chi connectivity index (χ2v) is 2.09. The van der Waals surface area contributed by atoms with Crippen LogP contribution in [0.1, 0.15) is 13.8 Å². The Morgan fingerprint density at radius 3 is 2.00 bits per heavy atom. The molecule has 0 atom stereocenters. The topological polar surface area (TPSA) is 15.4 Å². The lowest BCUT2D eigenvalue weighted by Crippen LogP contribution is -2.15. The smallest absolute Gasteiger partial charge is 0.105 e. The van der Waals surface area contributed by atoms with E-state index in [1.807, 2.05) is 25.5 Å². The minimum atomic E-state index is 1.03. The van der Waals surface area contributed by atoms with E-state index >= 15 is 0 Å². The Morgan fingerprint density at radius 2 is 1.89 bits per heavy atom. The van der Waals surface area contributed by atoms with Crippen LogP contribution in [-0.2, 0) is 0 Å². The summed E-state index contributed by atoms with van der Waals surface area (Å²) in [6, 6.07) is 0. The average Bonchev–Trinajstić information content (AvgIpc) is 1.84. The zero-order valence-electron chi connectivity index (χ0n) is 6.60. The van der Waals surface area contributed by atoms with E-state index in [2.05, 4.69) is 12.0 Å². The summed E-state index contributed by atoms with van der Waals surface area (Å²) in [5.74, 6) is 0. The van der Waals surface area contributed by atoms with Gasteiger partial charge < -0.3 is 9.57 Å². The van der Waals surface area contributed by atoms with Crippen molar-refractivity contribution in [3.05, 3.63) is 7.05 Å². The summed E-state index contributed by atoms with van der Waals surface area (Å²) < 4.78 is 1.81. The molecule has 0 aromatic rings. The summed E-state index contributed by atoms with van der Waals surface area (Å²) in [4.78, 5) is 4.01. The molecule has 0 saturated carbocycles. The molecule has 0 rings (SSSR count). The zero-order valence-corrected chi connectivity index (χ0v) is 6.60. The number of nitrogens with zero attached hydrogens (tertiary/aromatic N) is 2. The van der Waals surface area contributed by atoms with Crippen LogP contribution in [0.3, 0.4) is 0 Å². The van der Waals surface area contributed by atoms with Crippen molar-refractivity contribution in [2.75, 3.05) is 14.1 Å². The Bertz CT molecular complexity index is 150. The minimum Gasteiger partial charge on any atom is -0.367 e. The van der Waals surface area contributed by atoms with Gasteiger partial charge in [0.1, 0.15) is 7.05 Å². The predicted octanol–water partition coefficient (Wildman–Crippen LogP) is 0.972. The van der Waals surface area contributed by atoms with Crippen molar-refractivity contribution in [2.45, 2.75) is 13.8 Å². The zero-order chi connectivity index (χ0) is 7.44. The van der Waals surface area contributed by atoms with Crippen LogP contribution in [0, 0.1) is 7.05 Å². The first kappa shape index (κ1) is 8.21. The van der Waals surface area contributed by atoms with Gasteiger partial charge in [0.05, 0.1) is 5.71 Å². The summed E-state index contributed by atoms with van der Waals surface area (Å²) in [6.07, 6.45) is 0. The molecule has 52 valence electrons. The Balaban J connectivity index is 4.40. The maximum atomic E-state index is 4.01. The molecule has 0 fully saturated rings. The second-order valence-electron chi connectivity index (χ2n) is 2.09. The number of hydrogen-bond acceptors (Lipinski definition) is 1. The van der Waals surface area contributed by atoms with Gasteiger partial charge in [0.15, 0.2) is 0 Å². The minimum absolute atomic E-state index is 1.03. The summed E-state index contributed by atoms with van der Waals surface area (Å²) in [5, 5.41) is 0. The van der Waals surface area contributed by atoms with E-state index in [1.165, 1.54) is 0 Å².